The fourth-order valence-electron chi connectivity index (χ4n) is 2.44. The standard InChI is InChI=1S/C12H22N4O2S/c1-4-11-13-8-12(14-11)19(17,18)16(3)10-6-5-7-15(2)9-10/h8,10H,4-7,9H2,1-3H3,(H,13,14). The molecule has 1 fully saturated rings. The van der Waals surface area contributed by atoms with Gasteiger partial charge in [-0.3, -0.25) is 0 Å². The van der Waals surface area contributed by atoms with E-state index in [9.17, 15) is 8.42 Å². The second-order valence-electron chi connectivity index (χ2n) is 5.13. The average Bonchev–Trinajstić information content (AvgIpc) is 2.87. The van der Waals surface area contributed by atoms with Crippen molar-refractivity contribution in [2.24, 2.45) is 0 Å². The van der Waals surface area contributed by atoms with Crippen LogP contribution in [0.25, 0.3) is 0 Å². The van der Waals surface area contributed by atoms with Crippen LogP contribution < -0.4 is 0 Å². The zero-order valence-electron chi connectivity index (χ0n) is 11.8. The number of imidazole rings is 1. The van der Waals surface area contributed by atoms with Gasteiger partial charge in [0.05, 0.1) is 6.20 Å². The van der Waals surface area contributed by atoms with Crippen LogP contribution in [0.3, 0.4) is 0 Å². The maximum absolute atomic E-state index is 12.5. The molecule has 19 heavy (non-hydrogen) atoms. The van der Waals surface area contributed by atoms with E-state index < -0.39 is 10.0 Å². The van der Waals surface area contributed by atoms with Gasteiger partial charge >= 0.3 is 0 Å². The quantitative estimate of drug-likeness (QED) is 0.884. The minimum Gasteiger partial charge on any atom is -0.332 e. The lowest BCUT2D eigenvalue weighted by Gasteiger charge is -2.34. The number of rotatable bonds is 4. The van der Waals surface area contributed by atoms with E-state index in [2.05, 4.69) is 14.9 Å². The highest BCUT2D eigenvalue weighted by Gasteiger charge is 2.31. The number of nitrogens with zero attached hydrogens (tertiary/aromatic N) is 3. The van der Waals surface area contributed by atoms with Crippen molar-refractivity contribution in [2.75, 3.05) is 27.2 Å². The van der Waals surface area contributed by atoms with Crippen molar-refractivity contribution in [1.29, 1.82) is 0 Å². The summed E-state index contributed by atoms with van der Waals surface area (Å²) in [6, 6.07) is 0.0390. The van der Waals surface area contributed by atoms with Crippen molar-refractivity contribution < 1.29 is 8.42 Å². The van der Waals surface area contributed by atoms with Crippen LogP contribution in [0.5, 0.6) is 0 Å². The maximum Gasteiger partial charge on any atom is 0.260 e. The van der Waals surface area contributed by atoms with Gasteiger partial charge in [-0.05, 0) is 26.4 Å². The molecule has 0 amide bonds. The molecule has 0 aromatic carbocycles. The first-order valence-electron chi connectivity index (χ1n) is 6.65. The molecule has 1 N–H and O–H groups in total. The van der Waals surface area contributed by atoms with Gasteiger partial charge in [-0.15, -0.1) is 0 Å². The molecular weight excluding hydrogens is 264 g/mol. The van der Waals surface area contributed by atoms with Gasteiger partial charge in [0.25, 0.3) is 10.0 Å². The van der Waals surface area contributed by atoms with E-state index in [0.29, 0.717) is 12.2 Å². The van der Waals surface area contributed by atoms with E-state index in [1.165, 1.54) is 10.5 Å². The molecular formula is C12H22N4O2S. The first kappa shape index (κ1) is 14.5. The molecule has 0 spiro atoms. The molecule has 0 bridgehead atoms. The van der Waals surface area contributed by atoms with Gasteiger partial charge in [-0.1, -0.05) is 6.92 Å². The molecule has 1 aromatic heterocycles. The molecule has 1 atom stereocenters. The third-order valence-corrected chi connectivity index (χ3v) is 5.53. The van der Waals surface area contributed by atoms with Crippen molar-refractivity contribution in [3.63, 3.8) is 0 Å². The number of H-pyrrole nitrogens is 1. The molecule has 108 valence electrons. The van der Waals surface area contributed by atoms with Crippen LogP contribution in [-0.4, -0.2) is 60.8 Å². The summed E-state index contributed by atoms with van der Waals surface area (Å²) in [6.07, 6.45) is 4.06. The summed E-state index contributed by atoms with van der Waals surface area (Å²) in [4.78, 5) is 9.12. The zero-order chi connectivity index (χ0) is 14.0. The van der Waals surface area contributed by atoms with Gasteiger partial charge < -0.3 is 9.88 Å². The number of hydrogen-bond donors (Lipinski definition) is 1. The van der Waals surface area contributed by atoms with Crippen LogP contribution >= 0.6 is 0 Å². The van der Waals surface area contributed by atoms with Crippen molar-refractivity contribution in [2.45, 2.75) is 37.3 Å². The predicted octanol–water partition coefficient (Wildman–Crippen LogP) is 0.687. The SMILES string of the molecule is CCc1ncc(S(=O)(=O)N(C)C2CCCN(C)C2)[nH]1. The normalized spacial score (nSPS) is 22.0. The van der Waals surface area contributed by atoms with Crippen molar-refractivity contribution >= 4 is 10.0 Å². The Labute approximate surface area is 114 Å². The van der Waals surface area contributed by atoms with E-state index >= 15 is 0 Å². The molecule has 2 heterocycles. The van der Waals surface area contributed by atoms with Crippen LogP contribution in [0.15, 0.2) is 11.2 Å². The second-order valence-corrected chi connectivity index (χ2v) is 7.09. The van der Waals surface area contributed by atoms with Gasteiger partial charge in [0.2, 0.25) is 0 Å². The van der Waals surface area contributed by atoms with Crippen LogP contribution in [0.4, 0.5) is 0 Å². The highest BCUT2D eigenvalue weighted by molar-refractivity contribution is 7.89. The molecule has 1 aliphatic rings. The van der Waals surface area contributed by atoms with Gasteiger partial charge in [-0.2, -0.15) is 4.31 Å². The highest BCUT2D eigenvalue weighted by Crippen LogP contribution is 2.20. The average molecular weight is 286 g/mol. The molecule has 1 aromatic rings. The highest BCUT2D eigenvalue weighted by atomic mass is 32.2. The molecule has 1 unspecified atom stereocenters. The Bertz CT molecular complexity index is 526. The first-order valence-corrected chi connectivity index (χ1v) is 8.09. The van der Waals surface area contributed by atoms with E-state index in [0.717, 1.165) is 25.9 Å². The van der Waals surface area contributed by atoms with Crippen LogP contribution in [0.2, 0.25) is 0 Å². The first-order chi connectivity index (χ1) is 8.95. The molecule has 2 rings (SSSR count). The van der Waals surface area contributed by atoms with Gasteiger partial charge in [0.1, 0.15) is 5.82 Å². The topological polar surface area (TPSA) is 69.3 Å². The summed E-state index contributed by atoms with van der Waals surface area (Å²) >= 11 is 0. The summed E-state index contributed by atoms with van der Waals surface area (Å²) in [5.74, 6) is 0.702. The number of likely N-dealkylation sites (tertiary alicyclic amines) is 1. The Hall–Kier alpha value is -0.920. The molecule has 0 aliphatic carbocycles. The summed E-state index contributed by atoms with van der Waals surface area (Å²) in [5.41, 5.74) is 0. The van der Waals surface area contributed by atoms with E-state index in [1.54, 1.807) is 7.05 Å². The number of nitrogens with one attached hydrogen (secondary N) is 1. The Balaban J connectivity index is 2.18. The largest absolute Gasteiger partial charge is 0.332 e. The lowest BCUT2D eigenvalue weighted by molar-refractivity contribution is 0.187. The lowest BCUT2D eigenvalue weighted by Crippen LogP contribution is -2.47. The Morgan fingerprint density at radius 3 is 2.89 bits per heavy atom. The molecule has 0 saturated carbocycles. The third kappa shape index (κ3) is 2.98. The number of aromatic amines is 1. The summed E-state index contributed by atoms with van der Waals surface area (Å²) in [6.45, 7) is 3.76. The summed E-state index contributed by atoms with van der Waals surface area (Å²) in [5, 5.41) is 0.195. The Morgan fingerprint density at radius 2 is 2.32 bits per heavy atom. The van der Waals surface area contributed by atoms with Crippen molar-refractivity contribution in [3.8, 4) is 0 Å². The molecule has 0 radical (unpaired) electrons. The van der Waals surface area contributed by atoms with Gasteiger partial charge in [0, 0.05) is 26.1 Å². The molecule has 6 nitrogen and oxygen atoms in total. The smallest absolute Gasteiger partial charge is 0.260 e. The number of piperidine rings is 1. The minimum absolute atomic E-state index is 0.0390. The van der Waals surface area contributed by atoms with Crippen LogP contribution in [0, 0.1) is 0 Å². The van der Waals surface area contributed by atoms with Crippen molar-refractivity contribution in [3.05, 3.63) is 12.0 Å². The van der Waals surface area contributed by atoms with E-state index in [-0.39, 0.29) is 11.1 Å². The third-order valence-electron chi connectivity index (χ3n) is 3.71. The minimum atomic E-state index is -3.46. The number of aromatic nitrogens is 2. The zero-order valence-corrected chi connectivity index (χ0v) is 12.6. The van der Waals surface area contributed by atoms with Crippen LogP contribution in [0.1, 0.15) is 25.6 Å². The number of aryl methyl sites for hydroxylation is 1. The maximum atomic E-state index is 12.5. The number of hydrogen-bond acceptors (Lipinski definition) is 4. The Morgan fingerprint density at radius 1 is 1.58 bits per heavy atom. The van der Waals surface area contributed by atoms with Gasteiger partial charge in [-0.25, -0.2) is 13.4 Å². The molecule has 7 heteroatoms. The summed E-state index contributed by atoms with van der Waals surface area (Å²) in [7, 11) is 0.221. The van der Waals surface area contributed by atoms with Crippen molar-refractivity contribution in [1.82, 2.24) is 19.2 Å². The monoisotopic (exact) mass is 286 g/mol. The van der Waals surface area contributed by atoms with Crippen LogP contribution in [-0.2, 0) is 16.4 Å². The number of sulfonamides is 1. The summed E-state index contributed by atoms with van der Waals surface area (Å²) < 4.78 is 26.5. The fourth-order valence-corrected chi connectivity index (χ4v) is 3.75. The number of likely N-dealkylation sites (N-methyl/N-ethyl adjacent to an activating group) is 2. The molecule has 1 saturated heterocycles. The second kappa shape index (κ2) is 5.60. The van der Waals surface area contributed by atoms with E-state index in [1.807, 2.05) is 14.0 Å². The van der Waals surface area contributed by atoms with E-state index in [4.69, 9.17) is 0 Å². The van der Waals surface area contributed by atoms with Gasteiger partial charge in [0.15, 0.2) is 5.03 Å². The Kier molecular flexibility index (Phi) is 4.27. The fraction of sp³-hybridized carbons (Fsp3) is 0.750. The lowest BCUT2D eigenvalue weighted by atomic mass is 10.1. The molecule has 1 aliphatic heterocycles. The predicted molar refractivity (Wildman–Crippen MR) is 73.4 cm³/mol.